The first kappa shape index (κ1) is 5.69. The Labute approximate surface area is 55.3 Å². The number of nitrogens with one attached hydrogen (secondary N) is 1. The van der Waals surface area contributed by atoms with E-state index in [1.54, 1.807) is 0 Å². The number of rotatable bonds is 0. The zero-order valence-electron chi connectivity index (χ0n) is 5.51. The van der Waals surface area contributed by atoms with Crippen molar-refractivity contribution in [1.29, 1.82) is 0 Å². The van der Waals surface area contributed by atoms with Crippen molar-refractivity contribution in [3.63, 3.8) is 0 Å². The fourth-order valence-corrected chi connectivity index (χ4v) is 2.00. The maximum Gasteiger partial charge on any atom is 0.0708 e. The van der Waals surface area contributed by atoms with Gasteiger partial charge in [0.05, 0.1) is 6.10 Å². The Morgan fingerprint density at radius 2 is 2.22 bits per heavy atom. The first-order chi connectivity index (χ1) is 4.36. The minimum absolute atomic E-state index is 0.0440. The van der Waals surface area contributed by atoms with Gasteiger partial charge in [0, 0.05) is 12.1 Å². The van der Waals surface area contributed by atoms with Crippen LogP contribution in [0.2, 0.25) is 0 Å². The summed E-state index contributed by atoms with van der Waals surface area (Å²) in [6, 6.07) is 1.07. The van der Waals surface area contributed by atoms with Crippen LogP contribution in [0.3, 0.4) is 0 Å². The molecular formula is C7H13NO. The van der Waals surface area contributed by atoms with Crippen LogP contribution >= 0.6 is 0 Å². The maximum absolute atomic E-state index is 9.34. The first-order valence-electron chi connectivity index (χ1n) is 3.80. The highest BCUT2D eigenvalue weighted by Gasteiger charge is 2.34. The van der Waals surface area contributed by atoms with Crippen LogP contribution in [0.15, 0.2) is 0 Å². The molecule has 2 nitrogen and oxygen atoms in total. The molecule has 2 bridgehead atoms. The van der Waals surface area contributed by atoms with Gasteiger partial charge in [0.15, 0.2) is 0 Å². The monoisotopic (exact) mass is 127 g/mol. The van der Waals surface area contributed by atoms with E-state index in [1.807, 2.05) is 0 Å². The molecule has 0 unspecified atom stereocenters. The van der Waals surface area contributed by atoms with Gasteiger partial charge in [0.1, 0.15) is 0 Å². The summed E-state index contributed by atoms with van der Waals surface area (Å²) < 4.78 is 0. The highest BCUT2D eigenvalue weighted by molar-refractivity contribution is 4.94. The number of aliphatic hydroxyl groups excluding tert-OH is 1. The van der Waals surface area contributed by atoms with Gasteiger partial charge >= 0.3 is 0 Å². The van der Waals surface area contributed by atoms with Crippen LogP contribution < -0.4 is 5.32 Å². The van der Waals surface area contributed by atoms with E-state index in [4.69, 9.17) is 0 Å². The number of hydrogen-bond donors (Lipinski definition) is 2. The number of aliphatic hydroxyl groups is 1. The normalized spacial score (nSPS) is 49.7. The SMILES string of the molecule is O[C@@H]1C[C@H]2CCC[C@@H]1N2. The Morgan fingerprint density at radius 1 is 1.33 bits per heavy atom. The van der Waals surface area contributed by atoms with Gasteiger partial charge in [-0.25, -0.2) is 0 Å². The highest BCUT2D eigenvalue weighted by Crippen LogP contribution is 2.26. The minimum Gasteiger partial charge on any atom is -0.391 e. The van der Waals surface area contributed by atoms with Crippen molar-refractivity contribution in [1.82, 2.24) is 5.32 Å². The lowest BCUT2D eigenvalue weighted by Crippen LogP contribution is -2.36. The van der Waals surface area contributed by atoms with Gasteiger partial charge in [-0.15, -0.1) is 0 Å². The molecule has 2 heterocycles. The van der Waals surface area contributed by atoms with Gasteiger partial charge in [0.2, 0.25) is 0 Å². The van der Waals surface area contributed by atoms with Crippen LogP contribution in [0, 0.1) is 0 Å². The van der Waals surface area contributed by atoms with Crippen molar-refractivity contribution >= 4 is 0 Å². The van der Waals surface area contributed by atoms with Crippen molar-refractivity contribution < 1.29 is 5.11 Å². The fourth-order valence-electron chi connectivity index (χ4n) is 2.00. The molecule has 0 amide bonds. The average Bonchev–Trinajstić information content (AvgIpc) is 2.09. The molecule has 2 saturated heterocycles. The van der Waals surface area contributed by atoms with Crippen LogP contribution in [-0.2, 0) is 0 Å². The summed E-state index contributed by atoms with van der Waals surface area (Å²) in [7, 11) is 0. The molecule has 0 aliphatic carbocycles. The molecule has 3 atom stereocenters. The van der Waals surface area contributed by atoms with Gasteiger partial charge in [0.25, 0.3) is 0 Å². The highest BCUT2D eigenvalue weighted by atomic mass is 16.3. The Kier molecular flexibility index (Phi) is 1.24. The minimum atomic E-state index is -0.0440. The van der Waals surface area contributed by atoms with Crippen LogP contribution in [0.25, 0.3) is 0 Å². The van der Waals surface area contributed by atoms with E-state index in [1.165, 1.54) is 19.3 Å². The predicted molar refractivity (Wildman–Crippen MR) is 35.2 cm³/mol. The summed E-state index contributed by atoms with van der Waals surface area (Å²) in [5.41, 5.74) is 0. The molecule has 2 aliphatic heterocycles. The molecule has 2 fully saturated rings. The van der Waals surface area contributed by atoms with Crippen molar-refractivity contribution in [2.75, 3.05) is 0 Å². The zero-order valence-corrected chi connectivity index (χ0v) is 5.51. The molecule has 52 valence electrons. The standard InChI is InChI=1S/C7H13NO/c9-7-4-5-2-1-3-6(7)8-5/h5-9H,1-4H2/t5-,6+,7-/m1/s1. The third kappa shape index (κ3) is 0.864. The Morgan fingerprint density at radius 3 is 2.89 bits per heavy atom. The molecule has 0 aromatic rings. The number of piperidine rings is 1. The van der Waals surface area contributed by atoms with Gasteiger partial charge in [-0.05, 0) is 19.3 Å². The van der Waals surface area contributed by atoms with Crippen molar-refractivity contribution in [3.8, 4) is 0 Å². The molecule has 0 radical (unpaired) electrons. The molecule has 2 heteroatoms. The first-order valence-corrected chi connectivity index (χ1v) is 3.80. The lowest BCUT2D eigenvalue weighted by Gasteiger charge is -2.20. The lowest BCUT2D eigenvalue weighted by molar-refractivity contribution is 0.156. The second-order valence-corrected chi connectivity index (χ2v) is 3.20. The van der Waals surface area contributed by atoms with E-state index in [-0.39, 0.29) is 6.10 Å². The van der Waals surface area contributed by atoms with Gasteiger partial charge in [-0.1, -0.05) is 6.42 Å². The molecule has 0 aromatic heterocycles. The van der Waals surface area contributed by atoms with Crippen LogP contribution in [0.1, 0.15) is 25.7 Å². The molecule has 2 rings (SSSR count). The number of fused-ring (bicyclic) bond motifs is 2. The number of hydrogen-bond acceptors (Lipinski definition) is 2. The summed E-state index contributed by atoms with van der Waals surface area (Å²) >= 11 is 0. The Bertz CT molecular complexity index is 113. The summed E-state index contributed by atoms with van der Waals surface area (Å²) in [5.74, 6) is 0. The fraction of sp³-hybridized carbons (Fsp3) is 1.00. The van der Waals surface area contributed by atoms with Crippen molar-refractivity contribution in [3.05, 3.63) is 0 Å². The Balaban J connectivity index is 2.07. The molecule has 0 aromatic carbocycles. The quantitative estimate of drug-likeness (QED) is 0.489. The van der Waals surface area contributed by atoms with E-state index in [9.17, 15) is 5.11 Å². The largest absolute Gasteiger partial charge is 0.391 e. The topological polar surface area (TPSA) is 32.3 Å². The van der Waals surface area contributed by atoms with E-state index in [0.29, 0.717) is 12.1 Å². The molecule has 9 heavy (non-hydrogen) atoms. The molecule has 2 N–H and O–H groups in total. The van der Waals surface area contributed by atoms with E-state index < -0.39 is 0 Å². The predicted octanol–water partition coefficient (Wildman–Crippen LogP) is 0.262. The van der Waals surface area contributed by atoms with E-state index >= 15 is 0 Å². The molecular weight excluding hydrogens is 114 g/mol. The van der Waals surface area contributed by atoms with E-state index in [2.05, 4.69) is 5.32 Å². The summed E-state index contributed by atoms with van der Waals surface area (Å²) in [5, 5.41) is 12.7. The smallest absolute Gasteiger partial charge is 0.0708 e. The summed E-state index contributed by atoms with van der Waals surface area (Å²) in [6.45, 7) is 0. The third-order valence-corrected chi connectivity index (χ3v) is 2.51. The summed E-state index contributed by atoms with van der Waals surface area (Å²) in [6.07, 6.45) is 4.70. The molecule has 0 saturated carbocycles. The van der Waals surface area contributed by atoms with Crippen LogP contribution in [-0.4, -0.2) is 23.3 Å². The van der Waals surface area contributed by atoms with Crippen LogP contribution in [0.4, 0.5) is 0 Å². The second kappa shape index (κ2) is 1.96. The van der Waals surface area contributed by atoms with E-state index in [0.717, 1.165) is 6.42 Å². The molecule has 0 spiro atoms. The van der Waals surface area contributed by atoms with Gasteiger partial charge < -0.3 is 10.4 Å². The van der Waals surface area contributed by atoms with Crippen molar-refractivity contribution in [2.45, 2.75) is 43.9 Å². The average molecular weight is 127 g/mol. The van der Waals surface area contributed by atoms with Gasteiger partial charge in [-0.3, -0.25) is 0 Å². The lowest BCUT2D eigenvalue weighted by atomic mass is 10.1. The second-order valence-electron chi connectivity index (χ2n) is 3.20. The Hall–Kier alpha value is -0.0800. The maximum atomic E-state index is 9.34. The van der Waals surface area contributed by atoms with Gasteiger partial charge in [-0.2, -0.15) is 0 Å². The van der Waals surface area contributed by atoms with Crippen LogP contribution in [0.5, 0.6) is 0 Å². The summed E-state index contributed by atoms with van der Waals surface area (Å²) in [4.78, 5) is 0. The molecule has 2 aliphatic rings. The van der Waals surface area contributed by atoms with Crippen molar-refractivity contribution in [2.24, 2.45) is 0 Å². The zero-order chi connectivity index (χ0) is 6.27. The third-order valence-electron chi connectivity index (χ3n) is 2.51.